The molecule has 0 saturated heterocycles. The van der Waals surface area contributed by atoms with Crippen molar-refractivity contribution >= 4 is 7.82 Å². The van der Waals surface area contributed by atoms with Crippen LogP contribution in [0.4, 0.5) is 0 Å². The molecule has 0 saturated carbocycles. The number of hydrazine groups is 1. The van der Waals surface area contributed by atoms with Crippen LogP contribution < -0.4 is 5.84 Å². The van der Waals surface area contributed by atoms with E-state index in [0.717, 1.165) is 0 Å². The minimum Gasteiger partial charge on any atom is -0.303 e. The normalized spacial score (nSPS) is 15.5. The van der Waals surface area contributed by atoms with Gasteiger partial charge in [0.05, 0.1) is 6.10 Å². The first kappa shape index (κ1) is 11.0. The molecule has 0 amide bonds. The summed E-state index contributed by atoms with van der Waals surface area (Å²) < 4.78 is 14.5. The zero-order chi connectivity index (χ0) is 9.07. The largest absolute Gasteiger partial charge is 0.469 e. The summed E-state index contributed by atoms with van der Waals surface area (Å²) in [6, 6.07) is 0. The first-order chi connectivity index (χ1) is 4.81. The highest BCUT2D eigenvalue weighted by Gasteiger charge is 2.18. The Bertz CT molecular complexity index is 156. The second-order valence-electron chi connectivity index (χ2n) is 2.35. The fourth-order valence-electron chi connectivity index (χ4n) is 0.673. The third-order valence-corrected chi connectivity index (χ3v) is 1.50. The van der Waals surface area contributed by atoms with E-state index in [0.29, 0.717) is 0 Å². The quantitative estimate of drug-likeness (QED) is 0.303. The van der Waals surface area contributed by atoms with Crippen LogP contribution in [0.3, 0.4) is 0 Å². The van der Waals surface area contributed by atoms with Crippen LogP contribution in [0.2, 0.25) is 0 Å². The number of phosphoric acid groups is 1. The predicted octanol–water partition coefficient (Wildman–Crippen LogP) is -0.710. The molecule has 0 rings (SSSR count). The van der Waals surface area contributed by atoms with Crippen molar-refractivity contribution in [2.45, 2.75) is 13.0 Å². The van der Waals surface area contributed by atoms with E-state index in [2.05, 4.69) is 4.52 Å². The van der Waals surface area contributed by atoms with E-state index in [1.54, 1.807) is 7.05 Å². The second kappa shape index (κ2) is 4.15. The van der Waals surface area contributed by atoms with Crippen LogP contribution in [0, 0.1) is 0 Å². The van der Waals surface area contributed by atoms with Gasteiger partial charge in [-0.15, -0.1) is 0 Å². The molecule has 0 aromatic rings. The van der Waals surface area contributed by atoms with Crippen molar-refractivity contribution in [3.8, 4) is 0 Å². The maximum absolute atomic E-state index is 10.2. The summed E-state index contributed by atoms with van der Waals surface area (Å²) in [5, 5.41) is 1.29. The van der Waals surface area contributed by atoms with E-state index in [9.17, 15) is 4.57 Å². The first-order valence-corrected chi connectivity index (χ1v) is 4.54. The van der Waals surface area contributed by atoms with E-state index >= 15 is 0 Å². The van der Waals surface area contributed by atoms with Crippen LogP contribution in [-0.2, 0) is 9.09 Å². The van der Waals surface area contributed by atoms with Gasteiger partial charge in [-0.1, -0.05) is 0 Å². The third-order valence-electron chi connectivity index (χ3n) is 0.862. The Labute approximate surface area is 65.2 Å². The lowest BCUT2D eigenvalue weighted by Crippen LogP contribution is -2.33. The first-order valence-electron chi connectivity index (χ1n) is 3.01. The van der Waals surface area contributed by atoms with Gasteiger partial charge in [-0.05, 0) is 6.92 Å². The van der Waals surface area contributed by atoms with Gasteiger partial charge in [-0.3, -0.25) is 10.4 Å². The van der Waals surface area contributed by atoms with Gasteiger partial charge in [0.1, 0.15) is 0 Å². The van der Waals surface area contributed by atoms with Gasteiger partial charge >= 0.3 is 7.82 Å². The molecule has 0 aliphatic rings. The van der Waals surface area contributed by atoms with E-state index in [-0.39, 0.29) is 6.54 Å². The Balaban J connectivity index is 3.70. The molecule has 4 N–H and O–H groups in total. The van der Waals surface area contributed by atoms with E-state index in [4.69, 9.17) is 15.6 Å². The molecule has 7 heteroatoms. The van der Waals surface area contributed by atoms with Gasteiger partial charge in [0.25, 0.3) is 0 Å². The molecule has 0 aromatic heterocycles. The second-order valence-corrected chi connectivity index (χ2v) is 3.54. The van der Waals surface area contributed by atoms with E-state index in [1.165, 1.54) is 11.9 Å². The molecule has 0 aliphatic carbocycles. The van der Waals surface area contributed by atoms with Crippen molar-refractivity contribution in [3.05, 3.63) is 0 Å². The lowest BCUT2D eigenvalue weighted by Gasteiger charge is -2.17. The Morgan fingerprint density at radius 3 is 2.45 bits per heavy atom. The number of rotatable bonds is 4. The molecule has 68 valence electrons. The number of nitrogens with two attached hydrogens (primary N) is 1. The lowest BCUT2D eigenvalue weighted by molar-refractivity contribution is 0.115. The van der Waals surface area contributed by atoms with Crippen molar-refractivity contribution in [2.75, 3.05) is 13.6 Å². The number of likely N-dealkylation sites (N-methyl/N-ethyl adjacent to an activating group) is 1. The number of nitrogens with zero attached hydrogens (tertiary/aromatic N) is 1. The van der Waals surface area contributed by atoms with Crippen LogP contribution in [-0.4, -0.2) is 34.5 Å². The van der Waals surface area contributed by atoms with Crippen molar-refractivity contribution in [3.63, 3.8) is 0 Å². The summed E-state index contributed by atoms with van der Waals surface area (Å²) in [4.78, 5) is 16.7. The summed E-state index contributed by atoms with van der Waals surface area (Å²) in [5.74, 6) is 5.21. The summed E-state index contributed by atoms with van der Waals surface area (Å²) in [5.41, 5.74) is 0. The fourth-order valence-corrected chi connectivity index (χ4v) is 1.21. The minimum atomic E-state index is -4.36. The van der Waals surface area contributed by atoms with Gasteiger partial charge < -0.3 is 9.79 Å². The third kappa shape index (κ3) is 7.93. The number of hydrogen-bond acceptors (Lipinski definition) is 4. The Morgan fingerprint density at radius 1 is 1.73 bits per heavy atom. The Hall–Kier alpha value is 0.0300. The average molecular weight is 184 g/mol. The zero-order valence-corrected chi connectivity index (χ0v) is 7.36. The molecule has 11 heavy (non-hydrogen) atoms. The minimum absolute atomic E-state index is 0.269. The van der Waals surface area contributed by atoms with Gasteiger partial charge in [0.2, 0.25) is 0 Å². The molecule has 0 radical (unpaired) electrons. The summed E-state index contributed by atoms with van der Waals surface area (Å²) in [7, 11) is -2.78. The van der Waals surface area contributed by atoms with E-state index < -0.39 is 13.9 Å². The van der Waals surface area contributed by atoms with Crippen LogP contribution in [0.25, 0.3) is 0 Å². The summed E-state index contributed by atoms with van der Waals surface area (Å²) in [6.45, 7) is 1.80. The highest BCUT2D eigenvalue weighted by molar-refractivity contribution is 7.46. The molecular formula is C4H13N2O4P. The molecule has 1 unspecified atom stereocenters. The molecule has 0 heterocycles. The highest BCUT2D eigenvalue weighted by atomic mass is 31.2. The molecule has 6 nitrogen and oxygen atoms in total. The molecule has 0 aliphatic heterocycles. The van der Waals surface area contributed by atoms with Crippen molar-refractivity contribution in [2.24, 2.45) is 5.84 Å². The molecule has 0 fully saturated rings. The van der Waals surface area contributed by atoms with Gasteiger partial charge in [-0.2, -0.15) is 0 Å². The predicted molar refractivity (Wildman–Crippen MR) is 39.4 cm³/mol. The van der Waals surface area contributed by atoms with Crippen molar-refractivity contribution in [1.82, 2.24) is 5.01 Å². The summed E-state index contributed by atoms with van der Waals surface area (Å²) >= 11 is 0. The number of hydrogen-bond donors (Lipinski definition) is 3. The van der Waals surface area contributed by atoms with Crippen LogP contribution in [0.15, 0.2) is 0 Å². The van der Waals surface area contributed by atoms with Crippen molar-refractivity contribution in [1.29, 1.82) is 0 Å². The molecule has 0 aromatic carbocycles. The topological polar surface area (TPSA) is 96.0 Å². The van der Waals surface area contributed by atoms with Crippen molar-refractivity contribution < 1.29 is 18.9 Å². The smallest absolute Gasteiger partial charge is 0.303 e. The maximum atomic E-state index is 10.2. The van der Waals surface area contributed by atoms with Crippen LogP contribution >= 0.6 is 7.82 Å². The fraction of sp³-hybridized carbons (Fsp3) is 1.00. The Kier molecular flexibility index (Phi) is 4.17. The average Bonchev–Trinajstić information content (AvgIpc) is 1.53. The summed E-state index contributed by atoms with van der Waals surface area (Å²) in [6.07, 6.45) is -0.578. The molecule has 1 atom stereocenters. The van der Waals surface area contributed by atoms with Gasteiger partial charge in [-0.25, -0.2) is 9.57 Å². The Morgan fingerprint density at radius 2 is 2.18 bits per heavy atom. The molecular weight excluding hydrogens is 171 g/mol. The van der Waals surface area contributed by atoms with Crippen LogP contribution in [0.1, 0.15) is 6.92 Å². The highest BCUT2D eigenvalue weighted by Crippen LogP contribution is 2.37. The SMILES string of the molecule is CC(CN(C)N)OP(=O)(O)O. The lowest BCUT2D eigenvalue weighted by atomic mass is 10.4. The maximum Gasteiger partial charge on any atom is 0.469 e. The molecule has 0 spiro atoms. The van der Waals surface area contributed by atoms with Gasteiger partial charge in [0.15, 0.2) is 0 Å². The monoisotopic (exact) mass is 184 g/mol. The molecule has 0 bridgehead atoms. The van der Waals surface area contributed by atoms with E-state index in [1.807, 2.05) is 0 Å². The van der Waals surface area contributed by atoms with Crippen LogP contribution in [0.5, 0.6) is 0 Å². The van der Waals surface area contributed by atoms with Gasteiger partial charge in [0, 0.05) is 13.6 Å². The number of phosphoric ester groups is 1. The standard InChI is InChI=1S/C4H13N2O4P/c1-4(3-6(2)5)10-11(7,8)9/h4H,3,5H2,1-2H3,(H2,7,8,9). The zero-order valence-electron chi connectivity index (χ0n) is 6.47.